The van der Waals surface area contributed by atoms with Crippen molar-refractivity contribution in [3.63, 3.8) is 0 Å². The zero-order chi connectivity index (χ0) is 17.8. The third-order valence-corrected chi connectivity index (χ3v) is 5.16. The zero-order valence-electron chi connectivity index (χ0n) is 14.9. The Hall–Kier alpha value is -2.12. The molecule has 8 heteroatoms. The van der Waals surface area contributed by atoms with Crippen LogP contribution < -0.4 is 0 Å². The maximum Gasteiger partial charge on any atom is 0.410 e. The SMILES string of the molecule is COC(=O)N1CCCC[C@@H]1C(=O)N1CCC(Cc2noc(C)n2)CC1. The van der Waals surface area contributed by atoms with Gasteiger partial charge >= 0.3 is 6.09 Å². The van der Waals surface area contributed by atoms with Crippen molar-refractivity contribution >= 4 is 12.0 Å². The summed E-state index contributed by atoms with van der Waals surface area (Å²) in [4.78, 5) is 32.6. The molecule has 0 aromatic carbocycles. The number of rotatable bonds is 3. The molecule has 0 bridgehead atoms. The summed E-state index contributed by atoms with van der Waals surface area (Å²) in [6, 6.07) is -0.377. The van der Waals surface area contributed by atoms with Crippen LogP contribution in [0.3, 0.4) is 0 Å². The van der Waals surface area contributed by atoms with Gasteiger partial charge in [0.05, 0.1) is 7.11 Å². The molecule has 1 aromatic rings. The van der Waals surface area contributed by atoms with Crippen LogP contribution in [0.25, 0.3) is 0 Å². The molecule has 2 saturated heterocycles. The summed E-state index contributed by atoms with van der Waals surface area (Å²) in [6.45, 7) is 3.81. The Bertz CT molecular complexity index is 610. The highest BCUT2D eigenvalue weighted by molar-refractivity contribution is 5.86. The van der Waals surface area contributed by atoms with Gasteiger partial charge in [0, 0.05) is 33.0 Å². The monoisotopic (exact) mass is 350 g/mol. The van der Waals surface area contributed by atoms with E-state index >= 15 is 0 Å². The fraction of sp³-hybridized carbons (Fsp3) is 0.765. The van der Waals surface area contributed by atoms with Crippen LogP contribution in [0.5, 0.6) is 0 Å². The molecule has 0 spiro atoms. The summed E-state index contributed by atoms with van der Waals surface area (Å²) in [5.41, 5.74) is 0. The molecule has 2 aliphatic rings. The molecular formula is C17H26N4O4. The molecule has 2 fully saturated rings. The van der Waals surface area contributed by atoms with Crippen molar-refractivity contribution in [3.05, 3.63) is 11.7 Å². The maximum atomic E-state index is 12.9. The number of hydrogen-bond acceptors (Lipinski definition) is 6. The number of aryl methyl sites for hydroxylation is 1. The molecule has 3 heterocycles. The van der Waals surface area contributed by atoms with E-state index in [2.05, 4.69) is 10.1 Å². The summed E-state index contributed by atoms with van der Waals surface area (Å²) in [5.74, 6) is 1.84. The molecule has 0 N–H and O–H groups in total. The number of likely N-dealkylation sites (tertiary alicyclic amines) is 2. The minimum absolute atomic E-state index is 0.0546. The first-order valence-electron chi connectivity index (χ1n) is 9.01. The lowest BCUT2D eigenvalue weighted by atomic mass is 9.92. The minimum atomic E-state index is -0.402. The van der Waals surface area contributed by atoms with E-state index in [1.165, 1.54) is 7.11 Å². The minimum Gasteiger partial charge on any atom is -0.453 e. The van der Waals surface area contributed by atoms with E-state index in [9.17, 15) is 9.59 Å². The van der Waals surface area contributed by atoms with Gasteiger partial charge in [-0.15, -0.1) is 0 Å². The van der Waals surface area contributed by atoms with Crippen LogP contribution in [0.4, 0.5) is 4.79 Å². The van der Waals surface area contributed by atoms with Crippen LogP contribution in [0.15, 0.2) is 4.52 Å². The molecule has 0 aliphatic carbocycles. The Morgan fingerprint density at radius 3 is 2.60 bits per heavy atom. The molecule has 1 atom stereocenters. The lowest BCUT2D eigenvalue weighted by Crippen LogP contribution is -2.54. The Balaban J connectivity index is 1.54. The van der Waals surface area contributed by atoms with E-state index in [1.54, 1.807) is 11.8 Å². The number of piperidine rings is 2. The largest absolute Gasteiger partial charge is 0.453 e. The summed E-state index contributed by atoms with van der Waals surface area (Å²) in [5, 5.41) is 3.95. The molecule has 2 amide bonds. The van der Waals surface area contributed by atoms with E-state index < -0.39 is 6.09 Å². The smallest absolute Gasteiger partial charge is 0.410 e. The number of hydrogen-bond donors (Lipinski definition) is 0. The van der Waals surface area contributed by atoms with Gasteiger partial charge in [0.25, 0.3) is 0 Å². The quantitative estimate of drug-likeness (QED) is 0.825. The van der Waals surface area contributed by atoms with Crippen LogP contribution in [-0.2, 0) is 16.0 Å². The second-order valence-corrected chi connectivity index (χ2v) is 6.88. The second kappa shape index (κ2) is 7.84. The van der Waals surface area contributed by atoms with E-state index in [-0.39, 0.29) is 11.9 Å². The van der Waals surface area contributed by atoms with E-state index in [4.69, 9.17) is 9.26 Å². The third kappa shape index (κ3) is 4.11. The summed E-state index contributed by atoms with van der Waals surface area (Å²) in [6.07, 6.45) is 4.84. The van der Waals surface area contributed by atoms with Crippen molar-refractivity contribution in [2.75, 3.05) is 26.7 Å². The first kappa shape index (κ1) is 17.7. The fourth-order valence-corrected chi connectivity index (χ4v) is 3.77. The number of carbonyl (C=O) groups is 2. The second-order valence-electron chi connectivity index (χ2n) is 6.88. The van der Waals surface area contributed by atoms with Crippen molar-refractivity contribution in [1.29, 1.82) is 0 Å². The number of methoxy groups -OCH3 is 1. The molecule has 25 heavy (non-hydrogen) atoms. The van der Waals surface area contributed by atoms with Crippen LogP contribution in [0, 0.1) is 12.8 Å². The van der Waals surface area contributed by atoms with Crippen LogP contribution in [-0.4, -0.2) is 64.7 Å². The number of carbonyl (C=O) groups excluding carboxylic acids is 2. The summed E-state index contributed by atoms with van der Waals surface area (Å²) in [7, 11) is 1.36. The number of aromatic nitrogens is 2. The summed E-state index contributed by atoms with van der Waals surface area (Å²) < 4.78 is 9.85. The van der Waals surface area contributed by atoms with E-state index in [0.29, 0.717) is 31.4 Å². The van der Waals surface area contributed by atoms with Crippen molar-refractivity contribution in [3.8, 4) is 0 Å². The predicted octanol–water partition coefficient (Wildman–Crippen LogP) is 1.78. The highest BCUT2D eigenvalue weighted by Gasteiger charge is 2.36. The topological polar surface area (TPSA) is 88.8 Å². The lowest BCUT2D eigenvalue weighted by Gasteiger charge is -2.39. The molecule has 0 radical (unpaired) electrons. The van der Waals surface area contributed by atoms with Crippen molar-refractivity contribution in [1.82, 2.24) is 19.9 Å². The van der Waals surface area contributed by atoms with E-state index in [1.807, 2.05) is 4.90 Å². The van der Waals surface area contributed by atoms with Gasteiger partial charge in [-0.3, -0.25) is 9.69 Å². The first-order chi connectivity index (χ1) is 12.1. The zero-order valence-corrected chi connectivity index (χ0v) is 14.9. The Morgan fingerprint density at radius 2 is 1.96 bits per heavy atom. The molecule has 138 valence electrons. The van der Waals surface area contributed by atoms with Gasteiger partial charge in [-0.05, 0) is 38.0 Å². The number of nitrogens with zero attached hydrogens (tertiary/aromatic N) is 4. The molecule has 2 aliphatic heterocycles. The summed E-state index contributed by atoms with van der Waals surface area (Å²) >= 11 is 0. The highest BCUT2D eigenvalue weighted by atomic mass is 16.5. The Morgan fingerprint density at radius 1 is 1.20 bits per heavy atom. The van der Waals surface area contributed by atoms with E-state index in [0.717, 1.165) is 44.3 Å². The van der Waals surface area contributed by atoms with Gasteiger partial charge in [0.1, 0.15) is 6.04 Å². The lowest BCUT2D eigenvalue weighted by molar-refractivity contribution is -0.139. The Labute approximate surface area is 147 Å². The third-order valence-electron chi connectivity index (χ3n) is 5.16. The van der Waals surface area contributed by atoms with Crippen molar-refractivity contribution in [2.24, 2.45) is 5.92 Å². The molecule has 3 rings (SSSR count). The van der Waals surface area contributed by atoms with Gasteiger partial charge in [-0.25, -0.2) is 4.79 Å². The van der Waals surface area contributed by atoms with Crippen molar-refractivity contribution < 1.29 is 18.8 Å². The van der Waals surface area contributed by atoms with Gasteiger partial charge in [-0.2, -0.15) is 4.98 Å². The Kier molecular flexibility index (Phi) is 5.55. The molecule has 0 saturated carbocycles. The van der Waals surface area contributed by atoms with Crippen LogP contribution in [0.2, 0.25) is 0 Å². The van der Waals surface area contributed by atoms with Gasteiger partial charge < -0.3 is 14.2 Å². The predicted molar refractivity (Wildman–Crippen MR) is 88.8 cm³/mol. The van der Waals surface area contributed by atoms with Crippen LogP contribution in [0.1, 0.15) is 43.8 Å². The number of ether oxygens (including phenoxy) is 1. The maximum absolute atomic E-state index is 12.9. The molecule has 8 nitrogen and oxygen atoms in total. The molecule has 1 aromatic heterocycles. The number of amides is 2. The standard InChI is InChI=1S/C17H26N4O4/c1-12-18-15(19-25-12)11-13-6-9-20(10-7-13)16(22)14-5-3-4-8-21(14)17(23)24-2/h13-14H,3-11H2,1-2H3/t14-/m1/s1. The molecule has 0 unspecified atom stereocenters. The van der Waals surface area contributed by atoms with Gasteiger partial charge in [-0.1, -0.05) is 5.16 Å². The normalized spacial score (nSPS) is 22.1. The first-order valence-corrected chi connectivity index (χ1v) is 9.01. The van der Waals surface area contributed by atoms with Crippen LogP contribution >= 0.6 is 0 Å². The average Bonchev–Trinajstić information content (AvgIpc) is 3.06. The average molecular weight is 350 g/mol. The van der Waals surface area contributed by atoms with Crippen molar-refractivity contribution in [2.45, 2.75) is 51.5 Å². The van der Waals surface area contributed by atoms with Gasteiger partial charge in [0.2, 0.25) is 11.8 Å². The van der Waals surface area contributed by atoms with Gasteiger partial charge in [0.15, 0.2) is 5.82 Å². The fourth-order valence-electron chi connectivity index (χ4n) is 3.77. The highest BCUT2D eigenvalue weighted by Crippen LogP contribution is 2.25. The molecular weight excluding hydrogens is 324 g/mol.